The standard InChI is InChI=1S/C16H18ClN3O4S/c1-19(2)11-14(12-6-4-3-5-7-12)18-25(23,24)16-9-8-13(17)10-15(16)20(21)22/h3-10,14,18H,11H2,1-2H3. The molecule has 2 aromatic carbocycles. The van der Waals surface area contributed by atoms with E-state index >= 15 is 0 Å². The number of nitrogens with zero attached hydrogens (tertiary/aromatic N) is 2. The van der Waals surface area contributed by atoms with Crippen LogP contribution < -0.4 is 4.72 Å². The lowest BCUT2D eigenvalue weighted by Crippen LogP contribution is -2.35. The molecule has 7 nitrogen and oxygen atoms in total. The zero-order valence-corrected chi connectivity index (χ0v) is 15.3. The van der Waals surface area contributed by atoms with E-state index in [1.165, 1.54) is 6.07 Å². The van der Waals surface area contributed by atoms with Gasteiger partial charge in [0.25, 0.3) is 5.69 Å². The van der Waals surface area contributed by atoms with Crippen molar-refractivity contribution in [2.24, 2.45) is 0 Å². The molecule has 9 heteroatoms. The zero-order chi connectivity index (χ0) is 18.6. The van der Waals surface area contributed by atoms with Crippen LogP contribution in [0, 0.1) is 10.1 Å². The maximum atomic E-state index is 12.8. The second-order valence-corrected chi connectivity index (χ2v) is 7.83. The lowest BCUT2D eigenvalue weighted by atomic mass is 10.1. The summed E-state index contributed by atoms with van der Waals surface area (Å²) in [6.45, 7) is 0.393. The predicted molar refractivity (Wildman–Crippen MR) is 96.2 cm³/mol. The van der Waals surface area contributed by atoms with E-state index in [1.807, 2.05) is 25.1 Å². The van der Waals surface area contributed by atoms with Gasteiger partial charge in [0.15, 0.2) is 4.90 Å². The van der Waals surface area contributed by atoms with Crippen LogP contribution in [0.4, 0.5) is 5.69 Å². The summed E-state index contributed by atoms with van der Waals surface area (Å²) >= 11 is 5.76. The molecular formula is C16H18ClN3O4S. The normalized spacial score (nSPS) is 13.0. The molecule has 0 aliphatic rings. The van der Waals surface area contributed by atoms with Crippen molar-refractivity contribution in [3.8, 4) is 0 Å². The van der Waals surface area contributed by atoms with Crippen molar-refractivity contribution in [3.63, 3.8) is 0 Å². The molecule has 0 spiro atoms. The number of sulfonamides is 1. The predicted octanol–water partition coefficient (Wildman–Crippen LogP) is 2.83. The Bertz CT molecular complexity index is 857. The van der Waals surface area contributed by atoms with Gasteiger partial charge in [-0.05, 0) is 31.8 Å². The van der Waals surface area contributed by atoms with Gasteiger partial charge >= 0.3 is 0 Å². The molecule has 0 bridgehead atoms. The van der Waals surface area contributed by atoms with Crippen LogP contribution in [0.25, 0.3) is 0 Å². The molecule has 0 amide bonds. The third-order valence-electron chi connectivity index (χ3n) is 3.45. The fourth-order valence-electron chi connectivity index (χ4n) is 2.37. The summed E-state index contributed by atoms with van der Waals surface area (Å²) in [4.78, 5) is 11.9. The largest absolute Gasteiger partial charge is 0.307 e. The second kappa shape index (κ2) is 7.92. The van der Waals surface area contributed by atoms with Gasteiger partial charge in [-0.25, -0.2) is 13.1 Å². The summed E-state index contributed by atoms with van der Waals surface area (Å²) in [6, 6.07) is 12.0. The smallest absolute Gasteiger partial charge is 0.290 e. The third kappa shape index (κ3) is 4.99. The van der Waals surface area contributed by atoms with Gasteiger partial charge in [-0.15, -0.1) is 0 Å². The van der Waals surface area contributed by atoms with E-state index in [4.69, 9.17) is 11.6 Å². The molecule has 2 aromatic rings. The average molecular weight is 384 g/mol. The number of nitro groups is 1. The van der Waals surface area contributed by atoms with E-state index in [2.05, 4.69) is 4.72 Å². The SMILES string of the molecule is CN(C)CC(NS(=O)(=O)c1ccc(Cl)cc1[N+](=O)[O-])c1ccccc1. The van der Waals surface area contributed by atoms with Crippen molar-refractivity contribution < 1.29 is 13.3 Å². The maximum Gasteiger partial charge on any atom is 0.290 e. The summed E-state index contributed by atoms with van der Waals surface area (Å²) in [5.74, 6) is 0. The van der Waals surface area contributed by atoms with Gasteiger partial charge in [-0.2, -0.15) is 0 Å². The minimum Gasteiger partial charge on any atom is -0.307 e. The van der Waals surface area contributed by atoms with Crippen molar-refractivity contribution in [1.82, 2.24) is 9.62 Å². The monoisotopic (exact) mass is 383 g/mol. The number of benzene rings is 2. The van der Waals surface area contributed by atoms with Gasteiger partial charge in [-0.1, -0.05) is 41.9 Å². The molecular weight excluding hydrogens is 366 g/mol. The van der Waals surface area contributed by atoms with E-state index < -0.39 is 31.6 Å². The topological polar surface area (TPSA) is 92.6 Å². The first-order valence-electron chi connectivity index (χ1n) is 7.36. The molecule has 0 saturated carbocycles. The fraction of sp³-hybridized carbons (Fsp3) is 0.250. The zero-order valence-electron chi connectivity index (χ0n) is 13.7. The highest BCUT2D eigenvalue weighted by atomic mass is 35.5. The minimum atomic E-state index is -4.12. The first-order valence-corrected chi connectivity index (χ1v) is 9.23. The van der Waals surface area contributed by atoms with Crippen LogP contribution in [0.5, 0.6) is 0 Å². The number of hydrogen-bond acceptors (Lipinski definition) is 5. The summed E-state index contributed by atoms with van der Waals surface area (Å²) in [5, 5.41) is 11.3. The fourth-order valence-corrected chi connectivity index (χ4v) is 3.91. The molecule has 0 saturated heterocycles. The Labute approximate surface area is 151 Å². The highest BCUT2D eigenvalue weighted by Crippen LogP contribution is 2.28. The van der Waals surface area contributed by atoms with Crippen LogP contribution in [0.15, 0.2) is 53.4 Å². The van der Waals surface area contributed by atoms with Gasteiger partial charge in [0.05, 0.1) is 11.0 Å². The highest BCUT2D eigenvalue weighted by Gasteiger charge is 2.29. The number of hydrogen-bond donors (Lipinski definition) is 1. The Morgan fingerprint density at radius 3 is 2.40 bits per heavy atom. The summed E-state index contributed by atoms with van der Waals surface area (Å²) in [6.07, 6.45) is 0. The average Bonchev–Trinajstić information content (AvgIpc) is 2.54. The number of likely N-dealkylation sites (N-methyl/N-ethyl adjacent to an activating group) is 1. The van der Waals surface area contributed by atoms with E-state index in [0.29, 0.717) is 6.54 Å². The van der Waals surface area contributed by atoms with Gasteiger partial charge in [-0.3, -0.25) is 10.1 Å². The van der Waals surface area contributed by atoms with E-state index in [9.17, 15) is 18.5 Å². The first-order chi connectivity index (χ1) is 11.7. The third-order valence-corrected chi connectivity index (χ3v) is 5.21. The van der Waals surface area contributed by atoms with Crippen LogP contribution in [0.2, 0.25) is 5.02 Å². The Morgan fingerprint density at radius 1 is 1.20 bits per heavy atom. The van der Waals surface area contributed by atoms with Crippen LogP contribution in [-0.4, -0.2) is 38.9 Å². The Balaban J connectivity index is 2.43. The molecule has 1 unspecified atom stereocenters. The molecule has 0 aromatic heterocycles. The molecule has 0 aliphatic heterocycles. The van der Waals surface area contributed by atoms with Crippen LogP contribution >= 0.6 is 11.6 Å². The number of halogens is 1. The van der Waals surface area contributed by atoms with Crippen LogP contribution in [0.3, 0.4) is 0 Å². The molecule has 134 valence electrons. The molecule has 0 heterocycles. The van der Waals surface area contributed by atoms with Gasteiger partial charge < -0.3 is 4.90 Å². The lowest BCUT2D eigenvalue weighted by Gasteiger charge is -2.22. The molecule has 1 N–H and O–H groups in total. The summed E-state index contributed by atoms with van der Waals surface area (Å²) in [5.41, 5.74) is 0.202. The van der Waals surface area contributed by atoms with Crippen LogP contribution in [0.1, 0.15) is 11.6 Å². The molecule has 1 atom stereocenters. The lowest BCUT2D eigenvalue weighted by molar-refractivity contribution is -0.387. The van der Waals surface area contributed by atoms with Crippen molar-refractivity contribution in [2.45, 2.75) is 10.9 Å². The second-order valence-electron chi connectivity index (χ2n) is 5.72. The van der Waals surface area contributed by atoms with E-state index in [0.717, 1.165) is 17.7 Å². The van der Waals surface area contributed by atoms with E-state index in [-0.39, 0.29) is 5.02 Å². The maximum absolute atomic E-state index is 12.8. The van der Waals surface area contributed by atoms with Gasteiger partial charge in [0.1, 0.15) is 0 Å². The van der Waals surface area contributed by atoms with E-state index in [1.54, 1.807) is 24.3 Å². The molecule has 25 heavy (non-hydrogen) atoms. The van der Waals surface area contributed by atoms with Crippen LogP contribution in [-0.2, 0) is 10.0 Å². The highest BCUT2D eigenvalue weighted by molar-refractivity contribution is 7.89. The summed E-state index contributed by atoms with van der Waals surface area (Å²) in [7, 11) is -0.494. The molecule has 0 fully saturated rings. The Morgan fingerprint density at radius 2 is 1.84 bits per heavy atom. The molecule has 0 radical (unpaired) electrons. The first kappa shape index (κ1) is 19.3. The van der Waals surface area contributed by atoms with Crippen molar-refractivity contribution in [2.75, 3.05) is 20.6 Å². The number of nitrogens with one attached hydrogen (secondary N) is 1. The summed E-state index contributed by atoms with van der Waals surface area (Å²) < 4.78 is 28.1. The molecule has 2 rings (SSSR count). The number of rotatable bonds is 7. The number of nitro benzene ring substituents is 1. The molecule has 0 aliphatic carbocycles. The Kier molecular flexibility index (Phi) is 6.12. The van der Waals surface area contributed by atoms with Gasteiger partial charge in [0.2, 0.25) is 10.0 Å². The van der Waals surface area contributed by atoms with Crippen molar-refractivity contribution >= 4 is 27.3 Å². The van der Waals surface area contributed by atoms with Crippen molar-refractivity contribution in [1.29, 1.82) is 0 Å². The van der Waals surface area contributed by atoms with Gasteiger partial charge in [0, 0.05) is 17.6 Å². The van der Waals surface area contributed by atoms with Crippen molar-refractivity contribution in [3.05, 3.63) is 69.2 Å². The minimum absolute atomic E-state index is 0.0959. The quantitative estimate of drug-likeness (QED) is 0.586. The Hall–Kier alpha value is -2.00.